The fourth-order valence-electron chi connectivity index (χ4n) is 7.55. The van der Waals surface area contributed by atoms with E-state index in [9.17, 15) is 40.5 Å². The van der Waals surface area contributed by atoms with Crippen molar-refractivity contribution in [2.24, 2.45) is 0 Å². The molecule has 67 heavy (non-hydrogen) atoms. The zero-order valence-electron chi connectivity index (χ0n) is 40.9. The Morgan fingerprint density at radius 1 is 0.507 bits per heavy atom. The highest BCUT2D eigenvalue weighted by Gasteiger charge is 2.47. The first kappa shape index (κ1) is 60.6. The minimum atomic E-state index is -1.71. The van der Waals surface area contributed by atoms with E-state index in [4.69, 9.17) is 28.4 Å². The fraction of sp³-hybridized carbons (Fsp3) is 0.755. The van der Waals surface area contributed by atoms with E-state index in [2.05, 4.69) is 86.8 Å². The highest BCUT2D eigenvalue weighted by Crippen LogP contribution is 2.26. The third-order valence-corrected chi connectivity index (χ3v) is 11.7. The molecule has 2 rings (SSSR count). The van der Waals surface area contributed by atoms with Crippen LogP contribution in [0.25, 0.3) is 0 Å². The SMILES string of the molecule is CC/C=C\C/C=C\C/C=C\C/C=C\CCCCCCCCC(=O)OC(COCCCCCCCC/C=C\C/C=C\CCC)COC1OC(COC2OC(CO)C(O)C(O)C2O)C(O)C(O)C1O. The van der Waals surface area contributed by atoms with E-state index in [1.54, 1.807) is 0 Å². The lowest BCUT2D eigenvalue weighted by atomic mass is 9.98. The van der Waals surface area contributed by atoms with Crippen molar-refractivity contribution < 1.29 is 69.0 Å². The second-order valence-electron chi connectivity index (χ2n) is 17.6. The number of ether oxygens (including phenoxy) is 6. The van der Waals surface area contributed by atoms with Gasteiger partial charge >= 0.3 is 5.97 Å². The predicted octanol–water partition coefficient (Wildman–Crippen LogP) is 7.51. The monoisotopic (exact) mass is 951 g/mol. The van der Waals surface area contributed by atoms with Gasteiger partial charge in [-0.2, -0.15) is 0 Å². The Kier molecular flexibility index (Phi) is 36.3. The summed E-state index contributed by atoms with van der Waals surface area (Å²) in [5, 5.41) is 72.1. The smallest absolute Gasteiger partial charge is 0.306 e. The molecule has 0 aromatic heterocycles. The molecule has 0 aromatic carbocycles. The lowest BCUT2D eigenvalue weighted by Gasteiger charge is -2.42. The molecule has 2 fully saturated rings. The van der Waals surface area contributed by atoms with Crippen molar-refractivity contribution in [3.63, 3.8) is 0 Å². The molecule has 0 amide bonds. The van der Waals surface area contributed by atoms with E-state index >= 15 is 0 Å². The van der Waals surface area contributed by atoms with Crippen LogP contribution in [0.3, 0.4) is 0 Å². The number of carbonyl (C=O) groups is 1. The Morgan fingerprint density at radius 2 is 0.970 bits per heavy atom. The highest BCUT2D eigenvalue weighted by molar-refractivity contribution is 5.69. The molecular weight excluding hydrogens is 861 g/mol. The zero-order chi connectivity index (χ0) is 48.7. The molecule has 14 nitrogen and oxygen atoms in total. The predicted molar refractivity (Wildman–Crippen MR) is 261 cm³/mol. The van der Waals surface area contributed by atoms with Crippen molar-refractivity contribution in [1.82, 2.24) is 0 Å². The average Bonchev–Trinajstić information content (AvgIpc) is 3.32. The lowest BCUT2D eigenvalue weighted by Crippen LogP contribution is -2.61. The van der Waals surface area contributed by atoms with Gasteiger partial charge in [0.1, 0.15) is 54.9 Å². The van der Waals surface area contributed by atoms with Crippen molar-refractivity contribution in [3.05, 3.63) is 72.9 Å². The van der Waals surface area contributed by atoms with Crippen LogP contribution in [0.5, 0.6) is 0 Å². The lowest BCUT2D eigenvalue weighted by molar-refractivity contribution is -0.332. The number of hydrogen-bond donors (Lipinski definition) is 7. The summed E-state index contributed by atoms with van der Waals surface area (Å²) in [5.41, 5.74) is 0. The van der Waals surface area contributed by atoms with Crippen molar-refractivity contribution in [2.45, 2.75) is 223 Å². The Bertz CT molecular complexity index is 1380. The molecule has 2 saturated heterocycles. The second-order valence-corrected chi connectivity index (χ2v) is 17.6. The first-order valence-electron chi connectivity index (χ1n) is 25.5. The van der Waals surface area contributed by atoms with Crippen LogP contribution in [0.2, 0.25) is 0 Å². The number of unbranched alkanes of at least 4 members (excludes halogenated alkanes) is 13. The average molecular weight is 951 g/mol. The molecule has 0 bridgehead atoms. The maximum atomic E-state index is 13.0. The van der Waals surface area contributed by atoms with Gasteiger partial charge in [-0.15, -0.1) is 0 Å². The summed E-state index contributed by atoms with van der Waals surface area (Å²) in [6.07, 6.45) is 32.4. The van der Waals surface area contributed by atoms with E-state index in [0.717, 1.165) is 109 Å². The summed E-state index contributed by atoms with van der Waals surface area (Å²) in [6, 6.07) is 0. The van der Waals surface area contributed by atoms with Gasteiger partial charge in [-0.3, -0.25) is 4.79 Å². The van der Waals surface area contributed by atoms with Gasteiger partial charge in [-0.25, -0.2) is 0 Å². The molecule has 0 spiro atoms. The Hall–Kier alpha value is -2.57. The van der Waals surface area contributed by atoms with Crippen LogP contribution in [0, 0.1) is 0 Å². The largest absolute Gasteiger partial charge is 0.457 e. The number of aliphatic hydroxyl groups excluding tert-OH is 7. The summed E-state index contributed by atoms with van der Waals surface area (Å²) in [4.78, 5) is 13.0. The van der Waals surface area contributed by atoms with Crippen LogP contribution >= 0.6 is 0 Å². The fourth-order valence-corrected chi connectivity index (χ4v) is 7.55. The van der Waals surface area contributed by atoms with Crippen LogP contribution in [0.1, 0.15) is 155 Å². The standard InChI is InChI=1S/C53H90O14/c1-3-5-7-9-11-13-15-17-19-20-21-22-23-24-26-28-30-32-34-36-45(55)65-42(39-62-37-35-33-31-29-27-25-18-16-14-12-10-8-6-4-2)40-63-52-51(61)49(59)47(57)44(67-52)41-64-53-50(60)48(58)46(56)43(38-54)66-53/h5,7-8,10-11,13-14,16-17,19,21-22,42-44,46-54,56-61H,3-4,6,9,12,15,18,20,23-41H2,1-2H3/b7-5-,10-8-,13-11-,16-14-,19-17-,22-21-. The number of rotatable bonds is 39. The molecule has 0 saturated carbocycles. The van der Waals surface area contributed by atoms with Gasteiger partial charge in [0.05, 0.1) is 26.4 Å². The summed E-state index contributed by atoms with van der Waals surface area (Å²) >= 11 is 0. The van der Waals surface area contributed by atoms with E-state index in [-0.39, 0.29) is 19.6 Å². The summed E-state index contributed by atoms with van der Waals surface area (Å²) < 4.78 is 34.2. The maximum absolute atomic E-state index is 13.0. The number of hydrogen-bond acceptors (Lipinski definition) is 14. The molecule has 14 heteroatoms. The normalized spacial score (nSPS) is 26.7. The molecule has 0 radical (unpaired) electrons. The molecule has 11 atom stereocenters. The molecule has 7 N–H and O–H groups in total. The number of allylic oxidation sites excluding steroid dienone is 12. The minimum Gasteiger partial charge on any atom is -0.457 e. The minimum absolute atomic E-state index is 0.0443. The summed E-state index contributed by atoms with van der Waals surface area (Å²) in [7, 11) is 0. The van der Waals surface area contributed by atoms with Gasteiger partial charge in [0, 0.05) is 13.0 Å². The molecule has 386 valence electrons. The van der Waals surface area contributed by atoms with Gasteiger partial charge in [0.25, 0.3) is 0 Å². The van der Waals surface area contributed by atoms with Crippen molar-refractivity contribution in [2.75, 3.05) is 33.0 Å². The van der Waals surface area contributed by atoms with E-state index in [0.29, 0.717) is 13.0 Å². The topological polar surface area (TPSA) is 214 Å². The van der Waals surface area contributed by atoms with Crippen molar-refractivity contribution >= 4 is 5.97 Å². The molecule has 2 heterocycles. The molecule has 0 aliphatic carbocycles. The first-order chi connectivity index (χ1) is 32.6. The molecule has 2 aliphatic rings. The van der Waals surface area contributed by atoms with Gasteiger partial charge in [-0.1, -0.05) is 145 Å². The number of aliphatic hydroxyl groups is 7. The zero-order valence-corrected chi connectivity index (χ0v) is 40.9. The van der Waals surface area contributed by atoms with Crippen molar-refractivity contribution in [1.29, 1.82) is 0 Å². The van der Waals surface area contributed by atoms with Crippen LogP contribution in [-0.2, 0) is 33.2 Å². The number of carbonyl (C=O) groups excluding carboxylic acids is 1. The Morgan fingerprint density at radius 3 is 1.52 bits per heavy atom. The van der Waals surface area contributed by atoms with E-state index < -0.39 is 86.7 Å². The molecule has 11 unspecified atom stereocenters. The maximum Gasteiger partial charge on any atom is 0.306 e. The van der Waals surface area contributed by atoms with Crippen LogP contribution in [0.15, 0.2) is 72.9 Å². The van der Waals surface area contributed by atoms with Gasteiger partial charge < -0.3 is 64.2 Å². The van der Waals surface area contributed by atoms with Gasteiger partial charge in [0.15, 0.2) is 12.6 Å². The van der Waals surface area contributed by atoms with Crippen LogP contribution < -0.4 is 0 Å². The summed E-state index contributed by atoms with van der Waals surface area (Å²) in [6.45, 7) is 3.45. The quantitative estimate of drug-likeness (QED) is 0.0181. The third-order valence-electron chi connectivity index (χ3n) is 11.7. The first-order valence-corrected chi connectivity index (χ1v) is 25.5. The Labute approximate surface area is 402 Å². The molecule has 2 aliphatic heterocycles. The molecular formula is C53H90O14. The summed E-state index contributed by atoms with van der Waals surface area (Å²) in [5.74, 6) is -0.397. The molecule has 0 aromatic rings. The van der Waals surface area contributed by atoms with E-state index in [1.807, 2.05) is 0 Å². The van der Waals surface area contributed by atoms with Gasteiger partial charge in [-0.05, 0) is 77.0 Å². The van der Waals surface area contributed by atoms with Crippen LogP contribution in [-0.4, -0.2) is 142 Å². The number of esters is 1. The van der Waals surface area contributed by atoms with E-state index in [1.165, 1.54) is 19.3 Å². The van der Waals surface area contributed by atoms with Crippen molar-refractivity contribution in [3.8, 4) is 0 Å². The van der Waals surface area contributed by atoms with Crippen LogP contribution in [0.4, 0.5) is 0 Å². The Balaban J connectivity index is 1.78. The second kappa shape index (κ2) is 40.2. The highest BCUT2D eigenvalue weighted by atomic mass is 16.7. The van der Waals surface area contributed by atoms with Gasteiger partial charge in [0.2, 0.25) is 0 Å². The third kappa shape index (κ3) is 28.0.